The zero-order chi connectivity index (χ0) is 16.0. The number of thioether (sulfide) groups is 1. The van der Waals surface area contributed by atoms with E-state index in [2.05, 4.69) is 15.5 Å². The van der Waals surface area contributed by atoms with E-state index >= 15 is 0 Å². The average Bonchev–Trinajstić information content (AvgIpc) is 2.95. The van der Waals surface area contributed by atoms with Gasteiger partial charge in [0.1, 0.15) is 0 Å². The maximum Gasteiger partial charge on any atom is 0.277 e. The molecule has 5 rings (SSSR count). The number of nitrogens with one attached hydrogen (secondary N) is 1. The smallest absolute Gasteiger partial charge is 0.277 e. The quantitative estimate of drug-likeness (QED) is 0.837. The molecule has 0 unspecified atom stereocenters. The molecule has 23 heavy (non-hydrogen) atoms. The highest BCUT2D eigenvalue weighted by molar-refractivity contribution is 8.00. The number of nitrogens with zero attached hydrogens (tertiary/aromatic N) is 2. The standard InChI is InChI=1S/C17H25N3O2S/c1-3-18-14(21)10(2)23-16-20-19-15(22-16)17-7-11-4-12(8-17)6-13(5-11)9-17/h10-13H,3-9H2,1-2H3,(H,18,21)/t10-,11?,12?,13?,17?/m0/s1. The molecule has 0 saturated heterocycles. The molecule has 4 fully saturated rings. The van der Waals surface area contributed by atoms with E-state index in [1.54, 1.807) is 0 Å². The largest absolute Gasteiger partial charge is 0.415 e. The molecule has 126 valence electrons. The molecule has 1 aromatic rings. The van der Waals surface area contributed by atoms with Gasteiger partial charge in [-0.2, -0.15) is 0 Å². The first kappa shape index (κ1) is 15.5. The summed E-state index contributed by atoms with van der Waals surface area (Å²) in [6.45, 7) is 4.45. The van der Waals surface area contributed by atoms with E-state index in [9.17, 15) is 4.79 Å². The number of hydrogen-bond donors (Lipinski definition) is 1. The van der Waals surface area contributed by atoms with Crippen LogP contribution in [0.2, 0.25) is 0 Å². The lowest BCUT2D eigenvalue weighted by atomic mass is 9.49. The summed E-state index contributed by atoms with van der Waals surface area (Å²) in [5, 5.41) is 11.8. The first-order valence-electron chi connectivity index (χ1n) is 8.86. The lowest BCUT2D eigenvalue weighted by Crippen LogP contribution is -2.48. The van der Waals surface area contributed by atoms with Crippen LogP contribution < -0.4 is 5.32 Å². The molecular weight excluding hydrogens is 310 g/mol. The molecule has 1 aromatic heterocycles. The third-order valence-corrected chi connectivity index (χ3v) is 6.83. The van der Waals surface area contributed by atoms with Crippen LogP contribution in [0.5, 0.6) is 0 Å². The third-order valence-electron chi connectivity index (χ3n) is 5.90. The van der Waals surface area contributed by atoms with Crippen molar-refractivity contribution in [3.8, 4) is 0 Å². The summed E-state index contributed by atoms with van der Waals surface area (Å²) in [5.41, 5.74) is 0.134. The van der Waals surface area contributed by atoms with Gasteiger partial charge >= 0.3 is 0 Å². The van der Waals surface area contributed by atoms with Crippen molar-refractivity contribution in [1.82, 2.24) is 15.5 Å². The Morgan fingerprint density at radius 1 is 1.26 bits per heavy atom. The van der Waals surface area contributed by atoms with Gasteiger partial charge in [0.2, 0.25) is 11.8 Å². The van der Waals surface area contributed by atoms with Gasteiger partial charge in [-0.25, -0.2) is 0 Å². The zero-order valence-corrected chi connectivity index (χ0v) is 14.7. The summed E-state index contributed by atoms with van der Waals surface area (Å²) in [6.07, 6.45) is 7.88. The Kier molecular flexibility index (Phi) is 3.90. The minimum atomic E-state index is -0.209. The van der Waals surface area contributed by atoms with Gasteiger partial charge in [-0.1, -0.05) is 11.8 Å². The molecule has 1 amide bonds. The van der Waals surface area contributed by atoms with Gasteiger partial charge in [-0.15, -0.1) is 10.2 Å². The molecule has 1 N–H and O–H groups in total. The Morgan fingerprint density at radius 2 is 1.87 bits per heavy atom. The normalized spacial score (nSPS) is 36.2. The van der Waals surface area contributed by atoms with Crippen molar-refractivity contribution >= 4 is 17.7 Å². The number of rotatable bonds is 5. The highest BCUT2D eigenvalue weighted by atomic mass is 32.2. The van der Waals surface area contributed by atoms with E-state index in [1.165, 1.54) is 50.3 Å². The average molecular weight is 335 g/mol. The molecule has 0 radical (unpaired) electrons. The van der Waals surface area contributed by atoms with Crippen molar-refractivity contribution in [2.24, 2.45) is 17.8 Å². The summed E-state index contributed by atoms with van der Waals surface area (Å²) in [7, 11) is 0. The fraction of sp³-hybridized carbons (Fsp3) is 0.824. The Balaban J connectivity index is 1.49. The lowest BCUT2D eigenvalue weighted by molar-refractivity contribution is -0.120. The van der Waals surface area contributed by atoms with Gasteiger partial charge in [0.25, 0.3) is 5.22 Å². The maximum atomic E-state index is 11.9. The van der Waals surface area contributed by atoms with Crippen molar-refractivity contribution < 1.29 is 9.21 Å². The van der Waals surface area contributed by atoms with E-state index < -0.39 is 0 Å². The van der Waals surface area contributed by atoms with Crippen molar-refractivity contribution in [1.29, 1.82) is 0 Å². The van der Waals surface area contributed by atoms with Crippen LogP contribution >= 0.6 is 11.8 Å². The van der Waals surface area contributed by atoms with E-state index in [4.69, 9.17) is 4.42 Å². The van der Waals surface area contributed by atoms with Crippen LogP contribution in [0.3, 0.4) is 0 Å². The highest BCUT2D eigenvalue weighted by Gasteiger charge is 2.54. The van der Waals surface area contributed by atoms with Crippen molar-refractivity contribution in [2.75, 3.05) is 6.54 Å². The van der Waals surface area contributed by atoms with Gasteiger partial charge in [-0.05, 0) is 70.1 Å². The number of aromatic nitrogens is 2. The molecule has 0 spiro atoms. The van der Waals surface area contributed by atoms with Crippen LogP contribution in [0.4, 0.5) is 0 Å². The number of carbonyl (C=O) groups is 1. The Hall–Kier alpha value is -1.04. The fourth-order valence-corrected chi connectivity index (χ4v) is 6.07. The second-order valence-electron chi connectivity index (χ2n) is 7.73. The molecule has 0 aromatic carbocycles. The molecule has 1 heterocycles. The molecule has 4 saturated carbocycles. The number of hydrogen-bond acceptors (Lipinski definition) is 5. The Morgan fingerprint density at radius 3 is 2.43 bits per heavy atom. The topological polar surface area (TPSA) is 68.0 Å². The Labute approximate surface area is 141 Å². The minimum absolute atomic E-state index is 0.0204. The molecule has 4 aliphatic rings. The summed E-state index contributed by atoms with van der Waals surface area (Å²) >= 11 is 1.36. The van der Waals surface area contributed by atoms with Crippen molar-refractivity contribution in [3.05, 3.63) is 5.89 Å². The molecular formula is C17H25N3O2S. The maximum absolute atomic E-state index is 11.9. The fourth-order valence-electron chi connectivity index (χ4n) is 5.37. The van der Waals surface area contributed by atoms with E-state index in [0.29, 0.717) is 11.8 Å². The van der Waals surface area contributed by atoms with Crippen LogP contribution in [-0.2, 0) is 10.2 Å². The summed E-state index contributed by atoms with van der Waals surface area (Å²) in [4.78, 5) is 11.9. The predicted octanol–water partition coefficient (Wildman–Crippen LogP) is 3.15. The van der Waals surface area contributed by atoms with Crippen LogP contribution in [-0.4, -0.2) is 27.9 Å². The first-order chi connectivity index (χ1) is 11.1. The van der Waals surface area contributed by atoms with Gasteiger partial charge < -0.3 is 9.73 Å². The lowest BCUT2D eigenvalue weighted by Gasteiger charge is -2.55. The predicted molar refractivity (Wildman–Crippen MR) is 88.2 cm³/mol. The van der Waals surface area contributed by atoms with E-state index in [1.807, 2.05) is 13.8 Å². The van der Waals surface area contributed by atoms with Crippen LogP contribution in [0.1, 0.15) is 58.3 Å². The number of amides is 1. The second-order valence-corrected chi connectivity index (χ2v) is 9.02. The van der Waals surface area contributed by atoms with Crippen LogP contribution in [0, 0.1) is 17.8 Å². The van der Waals surface area contributed by atoms with Gasteiger partial charge in [0.05, 0.1) is 5.25 Å². The van der Waals surface area contributed by atoms with E-state index in [0.717, 1.165) is 23.6 Å². The third kappa shape index (κ3) is 2.79. The molecule has 6 heteroatoms. The Bertz CT molecular complexity index is 565. The summed E-state index contributed by atoms with van der Waals surface area (Å²) in [5.74, 6) is 3.43. The molecule has 5 nitrogen and oxygen atoms in total. The van der Waals surface area contributed by atoms with Gasteiger partial charge in [0, 0.05) is 12.0 Å². The SMILES string of the molecule is CCNC(=O)[C@H](C)Sc1nnc(C23CC4CC(CC(C4)C2)C3)o1. The van der Waals surface area contributed by atoms with Crippen molar-refractivity contribution in [3.63, 3.8) is 0 Å². The monoisotopic (exact) mass is 335 g/mol. The van der Waals surface area contributed by atoms with Crippen LogP contribution in [0.15, 0.2) is 9.64 Å². The second kappa shape index (κ2) is 5.80. The molecule has 4 aliphatic carbocycles. The highest BCUT2D eigenvalue weighted by Crippen LogP contribution is 2.60. The zero-order valence-electron chi connectivity index (χ0n) is 13.9. The summed E-state index contributed by atoms with van der Waals surface area (Å²) in [6, 6.07) is 0. The van der Waals surface area contributed by atoms with Crippen molar-refractivity contribution in [2.45, 2.75) is 68.3 Å². The first-order valence-corrected chi connectivity index (χ1v) is 9.74. The molecule has 4 bridgehead atoms. The number of carbonyl (C=O) groups excluding carboxylic acids is 1. The molecule has 1 atom stereocenters. The summed E-state index contributed by atoms with van der Waals surface area (Å²) < 4.78 is 6.03. The van der Waals surface area contributed by atoms with Gasteiger partial charge in [0.15, 0.2) is 0 Å². The molecule has 0 aliphatic heterocycles. The minimum Gasteiger partial charge on any atom is -0.415 e. The van der Waals surface area contributed by atoms with Crippen LogP contribution in [0.25, 0.3) is 0 Å². The van der Waals surface area contributed by atoms with E-state index in [-0.39, 0.29) is 16.6 Å². The van der Waals surface area contributed by atoms with Gasteiger partial charge in [-0.3, -0.25) is 4.79 Å².